The summed E-state index contributed by atoms with van der Waals surface area (Å²) in [7, 11) is 3.40. The molecule has 1 atom stereocenters. The van der Waals surface area contributed by atoms with E-state index in [1.165, 1.54) is 16.7 Å². The number of nitrogens with zero attached hydrogens (tertiary/aromatic N) is 2. The second-order valence-corrected chi connectivity index (χ2v) is 10.9. The summed E-state index contributed by atoms with van der Waals surface area (Å²) in [6, 6.07) is 23.0. The molecule has 1 aliphatic carbocycles. The molecule has 0 unspecified atom stereocenters. The fourth-order valence-corrected chi connectivity index (χ4v) is 6.74. The number of hydrogen-bond donors (Lipinski definition) is 0. The first kappa shape index (κ1) is 24.9. The minimum absolute atomic E-state index is 0.0300. The fourth-order valence-electron chi connectivity index (χ4n) is 5.82. The molecule has 3 aliphatic heterocycles. The number of amidine groups is 1. The molecule has 0 saturated carbocycles. The zero-order valence-electron chi connectivity index (χ0n) is 22.6. The number of rotatable bonds is 5. The first-order valence-electron chi connectivity index (χ1n) is 13.6. The van der Waals surface area contributed by atoms with Gasteiger partial charge in [-0.05, 0) is 90.1 Å². The van der Waals surface area contributed by atoms with E-state index >= 15 is 0 Å². The van der Waals surface area contributed by atoms with Crippen LogP contribution in [0.25, 0.3) is 11.8 Å². The number of thioether (sulfide) groups is 1. The van der Waals surface area contributed by atoms with Crippen LogP contribution in [0.15, 0.2) is 94.0 Å². The van der Waals surface area contributed by atoms with Crippen molar-refractivity contribution in [3.05, 3.63) is 106 Å². The van der Waals surface area contributed by atoms with Crippen LogP contribution in [0.3, 0.4) is 0 Å². The summed E-state index contributed by atoms with van der Waals surface area (Å²) >= 11 is 1.68. The van der Waals surface area contributed by atoms with Crippen LogP contribution < -0.4 is 18.9 Å². The van der Waals surface area contributed by atoms with Gasteiger partial charge in [-0.25, -0.2) is 4.99 Å². The van der Waals surface area contributed by atoms with Crippen molar-refractivity contribution >= 4 is 28.7 Å². The Morgan fingerprint density at radius 3 is 2.35 bits per heavy atom. The maximum absolute atomic E-state index is 5.92. The molecule has 0 spiro atoms. The molecule has 0 N–H and O–H groups in total. The van der Waals surface area contributed by atoms with E-state index in [-0.39, 0.29) is 6.04 Å². The highest BCUT2D eigenvalue weighted by Gasteiger charge is 2.40. The van der Waals surface area contributed by atoms with Gasteiger partial charge in [0.25, 0.3) is 0 Å². The van der Waals surface area contributed by atoms with Crippen LogP contribution in [0.5, 0.6) is 23.0 Å². The standard InChI is InChI=1S/C33H30N2O4S/c1-36-25-11-6-21(7-12-25)18-24-4-3-5-27-31(24)34-33-35(32(27)22-8-13-26(37-2)14-9-22)28(20-40-33)23-10-15-29-30(19-23)39-17-16-38-29/h6-15,18-20,32H,3-5,16-17H2,1-2H3/b24-18+/t32-/m1/s1. The number of methoxy groups -OCH3 is 2. The van der Waals surface area contributed by atoms with Crippen LogP contribution in [0, 0.1) is 0 Å². The van der Waals surface area contributed by atoms with E-state index in [4.69, 9.17) is 23.9 Å². The summed E-state index contributed by atoms with van der Waals surface area (Å²) in [6.07, 6.45) is 5.37. The lowest BCUT2D eigenvalue weighted by molar-refractivity contribution is 0.171. The summed E-state index contributed by atoms with van der Waals surface area (Å²) in [5.74, 6) is 3.30. The molecule has 0 radical (unpaired) electrons. The summed E-state index contributed by atoms with van der Waals surface area (Å²) in [5.41, 5.74) is 8.35. The van der Waals surface area contributed by atoms with E-state index < -0.39 is 0 Å². The monoisotopic (exact) mass is 550 g/mol. The quantitative estimate of drug-likeness (QED) is 0.329. The van der Waals surface area contributed by atoms with Gasteiger partial charge in [0.2, 0.25) is 0 Å². The topological polar surface area (TPSA) is 52.5 Å². The Morgan fingerprint density at radius 1 is 0.875 bits per heavy atom. The highest BCUT2D eigenvalue weighted by molar-refractivity contribution is 8.16. The van der Waals surface area contributed by atoms with E-state index in [1.54, 1.807) is 26.0 Å². The number of allylic oxidation sites excluding steroid dienone is 1. The molecule has 0 saturated heterocycles. The average Bonchev–Trinajstić information content (AvgIpc) is 3.44. The molecule has 0 amide bonds. The summed E-state index contributed by atoms with van der Waals surface area (Å²) in [6.45, 7) is 1.14. The molecule has 7 heteroatoms. The molecule has 40 heavy (non-hydrogen) atoms. The van der Waals surface area contributed by atoms with E-state index in [1.807, 2.05) is 18.2 Å². The Morgan fingerprint density at radius 2 is 1.60 bits per heavy atom. The van der Waals surface area contributed by atoms with Crippen molar-refractivity contribution in [3.8, 4) is 23.0 Å². The maximum atomic E-state index is 5.92. The van der Waals surface area contributed by atoms with Crippen molar-refractivity contribution in [2.24, 2.45) is 4.99 Å². The van der Waals surface area contributed by atoms with Crippen molar-refractivity contribution in [2.45, 2.75) is 25.3 Å². The van der Waals surface area contributed by atoms with Crippen LogP contribution in [-0.4, -0.2) is 37.5 Å². The van der Waals surface area contributed by atoms with Gasteiger partial charge in [-0.2, -0.15) is 0 Å². The van der Waals surface area contributed by atoms with E-state index in [9.17, 15) is 0 Å². The maximum Gasteiger partial charge on any atom is 0.174 e. The molecular formula is C33H30N2O4S. The summed E-state index contributed by atoms with van der Waals surface area (Å²) in [5, 5.41) is 3.21. The summed E-state index contributed by atoms with van der Waals surface area (Å²) in [4.78, 5) is 7.71. The van der Waals surface area contributed by atoms with Gasteiger partial charge in [-0.3, -0.25) is 0 Å². The Bertz CT molecular complexity index is 1570. The largest absolute Gasteiger partial charge is 0.497 e. The molecule has 0 bridgehead atoms. The lowest BCUT2D eigenvalue weighted by Crippen LogP contribution is -2.34. The Hall–Kier alpha value is -4.10. The van der Waals surface area contributed by atoms with E-state index in [0.717, 1.165) is 69.9 Å². The van der Waals surface area contributed by atoms with Gasteiger partial charge in [0.05, 0.1) is 31.7 Å². The average molecular weight is 551 g/mol. The highest BCUT2D eigenvalue weighted by Crippen LogP contribution is 2.51. The molecular weight excluding hydrogens is 520 g/mol. The first-order valence-corrected chi connectivity index (χ1v) is 14.5. The number of hydrogen-bond acceptors (Lipinski definition) is 7. The van der Waals surface area contributed by atoms with Gasteiger partial charge in [0.15, 0.2) is 16.7 Å². The Labute approximate surface area is 238 Å². The number of benzene rings is 3. The van der Waals surface area contributed by atoms with Crippen molar-refractivity contribution < 1.29 is 18.9 Å². The van der Waals surface area contributed by atoms with E-state index in [0.29, 0.717) is 13.2 Å². The molecule has 0 fully saturated rings. The minimum atomic E-state index is 0.0300. The van der Waals surface area contributed by atoms with Crippen LogP contribution in [0.4, 0.5) is 0 Å². The normalized spacial score (nSPS) is 20.5. The van der Waals surface area contributed by atoms with Crippen molar-refractivity contribution in [1.82, 2.24) is 4.90 Å². The minimum Gasteiger partial charge on any atom is -0.497 e. The third-order valence-corrected chi connectivity index (χ3v) is 8.60. The number of aliphatic imine (C=N–C) groups is 1. The molecule has 202 valence electrons. The molecule has 4 aliphatic rings. The van der Waals surface area contributed by atoms with Gasteiger partial charge in [-0.15, -0.1) is 0 Å². The number of fused-ring (bicyclic) bond motifs is 2. The molecule has 0 aromatic heterocycles. The third kappa shape index (κ3) is 4.44. The van der Waals surface area contributed by atoms with Gasteiger partial charge in [0.1, 0.15) is 24.7 Å². The van der Waals surface area contributed by atoms with Gasteiger partial charge in [0, 0.05) is 11.0 Å². The molecule has 3 aromatic rings. The first-order chi connectivity index (χ1) is 19.7. The lowest BCUT2D eigenvalue weighted by Gasteiger charge is -2.40. The molecule has 3 heterocycles. The number of ether oxygens (including phenoxy) is 4. The van der Waals surface area contributed by atoms with Gasteiger partial charge < -0.3 is 23.8 Å². The zero-order chi connectivity index (χ0) is 27.1. The van der Waals surface area contributed by atoms with Crippen LogP contribution in [-0.2, 0) is 0 Å². The predicted octanol–water partition coefficient (Wildman–Crippen LogP) is 7.45. The SMILES string of the molecule is COc1ccc(/C=C2\CCCC3=C2N=C2SC=C(c4ccc5c(c4)OCCO5)N2[C@@H]3c2ccc(OC)cc2)cc1. The van der Waals surface area contributed by atoms with Crippen molar-refractivity contribution in [3.63, 3.8) is 0 Å². The molecule has 6 nitrogen and oxygen atoms in total. The lowest BCUT2D eigenvalue weighted by atomic mass is 9.82. The molecule has 3 aromatic carbocycles. The van der Waals surface area contributed by atoms with E-state index in [2.05, 4.69) is 64.9 Å². The second-order valence-electron chi connectivity index (χ2n) is 10.1. The van der Waals surface area contributed by atoms with Crippen molar-refractivity contribution in [1.29, 1.82) is 0 Å². The summed E-state index contributed by atoms with van der Waals surface area (Å²) < 4.78 is 22.5. The fraction of sp³-hybridized carbons (Fsp3) is 0.242. The van der Waals surface area contributed by atoms with Crippen LogP contribution in [0.1, 0.15) is 42.0 Å². The Balaban J connectivity index is 1.32. The Kier molecular flexibility index (Phi) is 6.52. The molecule has 7 rings (SSSR count). The van der Waals surface area contributed by atoms with Crippen LogP contribution in [0.2, 0.25) is 0 Å². The van der Waals surface area contributed by atoms with Crippen LogP contribution >= 0.6 is 11.8 Å². The smallest absolute Gasteiger partial charge is 0.174 e. The third-order valence-electron chi connectivity index (χ3n) is 7.76. The van der Waals surface area contributed by atoms with Gasteiger partial charge in [-0.1, -0.05) is 36.0 Å². The highest BCUT2D eigenvalue weighted by atomic mass is 32.2. The second kappa shape index (κ2) is 10.5. The van der Waals surface area contributed by atoms with Crippen molar-refractivity contribution in [2.75, 3.05) is 27.4 Å². The van der Waals surface area contributed by atoms with Gasteiger partial charge >= 0.3 is 0 Å². The zero-order valence-corrected chi connectivity index (χ0v) is 23.4. The predicted molar refractivity (Wildman–Crippen MR) is 160 cm³/mol.